The fourth-order valence-corrected chi connectivity index (χ4v) is 11.6. The number of nitriles is 1. The zero-order valence-corrected chi connectivity index (χ0v) is 44.7. The smallest absolute Gasteiger partial charge is 0.316 e. The highest BCUT2D eigenvalue weighted by molar-refractivity contribution is 7.88. The number of allylic oxidation sites excluding steroid dienone is 1. The number of hydrogen-bond donors (Lipinski definition) is 0. The Labute approximate surface area is 456 Å². The van der Waals surface area contributed by atoms with Crippen molar-refractivity contribution in [3.8, 4) is 53.6 Å². The first kappa shape index (κ1) is 56.9. The lowest BCUT2D eigenvalue weighted by atomic mass is 10.3. The van der Waals surface area contributed by atoms with Gasteiger partial charge in [-0.1, -0.05) is 35.3 Å². The predicted octanol–water partition coefficient (Wildman–Crippen LogP) is 4.95. The summed E-state index contributed by atoms with van der Waals surface area (Å²) in [6.07, 6.45) is 22.1. The fraction of sp³-hybridized carbons (Fsp3) is 0.302. The van der Waals surface area contributed by atoms with Gasteiger partial charge in [0, 0.05) is 99.8 Å². The van der Waals surface area contributed by atoms with E-state index in [4.69, 9.17) is 56.2 Å². The van der Waals surface area contributed by atoms with Gasteiger partial charge in [-0.25, -0.2) is 16.8 Å². The van der Waals surface area contributed by atoms with Crippen molar-refractivity contribution in [1.29, 1.82) is 5.26 Å². The Bertz CT molecular complexity index is 3580. The van der Waals surface area contributed by atoms with Crippen LogP contribution in [-0.4, -0.2) is 121 Å². The molecule has 0 radical (unpaired) electrons. The number of piperazine rings is 2. The van der Waals surface area contributed by atoms with Gasteiger partial charge in [0.25, 0.3) is 0 Å². The molecule has 4 aromatic heterocycles. The molecule has 0 aliphatic carbocycles. The molecule has 2 aliphatic heterocycles. The standard InChI is InChI=1S/C28H26ClN7O4S.C25H26ClN5O4S/c1-2-3-4-16-40-27-26(20-32-36(28(27)37)24-7-5-6-23(29)17-24)34-12-14-35(15-13-34)41(38,39)21-22-8-10-33(11-9-22)25(18-30)19-31;1-2-3-4-16-35-24-23(18-28-31(25(24)32)22-7-5-6-21(26)17-22)29-12-14-30(15-13-29)36(33,34)19-20-8-10-27-11-9-20/h1,5-11,17,20H,3-4,12-16,21H2;1,5-11,17-18H,3-4,12-16,19H2. The van der Waals surface area contributed by atoms with Gasteiger partial charge in [-0.2, -0.15) is 43.9 Å². The van der Waals surface area contributed by atoms with Crippen LogP contribution in [0.5, 0.6) is 11.5 Å². The van der Waals surface area contributed by atoms with Gasteiger partial charge < -0.3 is 24.7 Å². The number of ether oxygens (including phenoxy) is 2. The zero-order valence-electron chi connectivity index (χ0n) is 41.6. The van der Waals surface area contributed by atoms with E-state index >= 15 is 0 Å². The molecule has 6 heterocycles. The SMILES string of the molecule is C#CCCCOc1c(N2CCN(S(=O)(=O)Cc3cc[n+](C(=C=[N-])C#N)cc3)CC2)cnn(-c2cccc(Cl)c2)c1=O.C#CCCCOc1c(N2CCN(S(=O)(=O)Cc3ccncc3)CC2)cnn(-c2cccc(Cl)c2)c1=O. The van der Waals surface area contributed by atoms with Crippen molar-refractivity contribution >= 4 is 66.2 Å². The first-order valence-corrected chi connectivity index (χ1v) is 28.0. The van der Waals surface area contributed by atoms with Crippen LogP contribution in [0.15, 0.2) is 120 Å². The molecule has 2 saturated heterocycles. The number of sulfonamides is 2. The maximum Gasteiger partial charge on any atom is 0.316 e. The summed E-state index contributed by atoms with van der Waals surface area (Å²) in [7, 11) is -7.15. The van der Waals surface area contributed by atoms with Crippen LogP contribution in [-0.2, 0) is 31.6 Å². The lowest BCUT2D eigenvalue weighted by Gasteiger charge is -2.35. The molecule has 20 nitrogen and oxygen atoms in total. The molecule has 398 valence electrons. The largest absolute Gasteiger partial charge is 0.757 e. The monoisotopic (exact) mass is 1120 g/mol. The van der Waals surface area contributed by atoms with Crippen LogP contribution in [0.2, 0.25) is 10.0 Å². The summed E-state index contributed by atoms with van der Waals surface area (Å²) in [6.45, 7) is 2.87. The van der Waals surface area contributed by atoms with Gasteiger partial charge in [0.05, 0.1) is 48.5 Å². The number of terminal acetylenes is 2. The van der Waals surface area contributed by atoms with Crippen molar-refractivity contribution < 1.29 is 30.9 Å². The molecule has 0 saturated carbocycles. The molecule has 0 spiro atoms. The lowest BCUT2D eigenvalue weighted by molar-refractivity contribution is -0.576. The van der Waals surface area contributed by atoms with Gasteiger partial charge in [-0.05, 0) is 72.5 Å². The van der Waals surface area contributed by atoms with Crippen molar-refractivity contribution in [1.82, 2.24) is 33.2 Å². The molecule has 0 atom stereocenters. The third-order valence-corrected chi connectivity index (χ3v) is 16.3. The molecule has 24 heteroatoms. The van der Waals surface area contributed by atoms with Gasteiger partial charge >= 0.3 is 16.8 Å². The highest BCUT2D eigenvalue weighted by Crippen LogP contribution is 2.29. The van der Waals surface area contributed by atoms with E-state index in [1.807, 2.05) is 9.80 Å². The summed E-state index contributed by atoms with van der Waals surface area (Å²) in [5, 5.41) is 27.6. The van der Waals surface area contributed by atoms with E-state index in [0.29, 0.717) is 95.8 Å². The molecular formula is C53H52Cl2N12O8S2. The third kappa shape index (κ3) is 14.8. The number of hydrogen-bond acceptors (Lipinski definition) is 14. The molecule has 77 heavy (non-hydrogen) atoms. The Kier molecular flexibility index (Phi) is 19.8. The minimum absolute atomic E-state index is 0.0870. The summed E-state index contributed by atoms with van der Waals surface area (Å²) in [5.41, 5.74) is 2.19. The van der Waals surface area contributed by atoms with Gasteiger partial charge in [0.15, 0.2) is 18.5 Å². The van der Waals surface area contributed by atoms with Gasteiger partial charge in [-0.3, -0.25) is 14.6 Å². The van der Waals surface area contributed by atoms with Crippen molar-refractivity contribution in [3.63, 3.8) is 0 Å². The van der Waals surface area contributed by atoms with Crippen LogP contribution >= 0.6 is 23.2 Å². The molecule has 0 unspecified atom stereocenters. The van der Waals surface area contributed by atoms with E-state index in [0.717, 1.165) is 0 Å². The van der Waals surface area contributed by atoms with E-state index in [2.05, 4.69) is 27.0 Å². The first-order chi connectivity index (χ1) is 37.2. The summed E-state index contributed by atoms with van der Waals surface area (Å²) >= 11 is 12.2. The lowest BCUT2D eigenvalue weighted by Crippen LogP contribution is -2.49. The number of rotatable bonds is 19. The second-order valence-electron chi connectivity index (χ2n) is 17.2. The Hall–Kier alpha value is -7.84. The number of benzene rings is 2. The van der Waals surface area contributed by atoms with Crippen molar-refractivity contribution in [2.24, 2.45) is 0 Å². The molecule has 0 N–H and O–H groups in total. The highest BCUT2D eigenvalue weighted by Gasteiger charge is 2.32. The van der Waals surface area contributed by atoms with Crippen molar-refractivity contribution in [2.45, 2.75) is 37.2 Å². The molecule has 2 aliphatic rings. The molecule has 0 bridgehead atoms. The van der Waals surface area contributed by atoms with Crippen LogP contribution in [0.3, 0.4) is 0 Å². The topological polar surface area (TPSA) is 232 Å². The van der Waals surface area contributed by atoms with Gasteiger partial charge in [-0.15, -0.1) is 24.7 Å². The van der Waals surface area contributed by atoms with Crippen LogP contribution < -0.4 is 35.0 Å². The molecule has 2 aromatic carbocycles. The Morgan fingerprint density at radius 3 is 1.48 bits per heavy atom. The van der Waals surface area contributed by atoms with E-state index in [9.17, 15) is 26.4 Å². The fourth-order valence-electron chi connectivity index (χ4n) is 8.20. The van der Waals surface area contributed by atoms with E-state index in [-0.39, 0.29) is 68.1 Å². The van der Waals surface area contributed by atoms with Crippen LogP contribution in [0.1, 0.15) is 36.8 Å². The van der Waals surface area contributed by atoms with Crippen LogP contribution in [0.25, 0.3) is 22.5 Å². The van der Waals surface area contributed by atoms with E-state index in [1.54, 1.807) is 103 Å². The number of unbranched alkanes of at least 4 members (excludes halogenated alkanes) is 2. The first-order valence-electron chi connectivity index (χ1n) is 24.1. The summed E-state index contributed by atoms with van der Waals surface area (Å²) < 4.78 is 70.6. The summed E-state index contributed by atoms with van der Waals surface area (Å²) in [6, 6.07) is 21.9. The quantitative estimate of drug-likeness (QED) is 0.0344. The molecule has 0 amide bonds. The van der Waals surface area contributed by atoms with E-state index < -0.39 is 31.2 Å². The second-order valence-corrected chi connectivity index (χ2v) is 22.1. The van der Waals surface area contributed by atoms with E-state index in [1.165, 1.54) is 41.1 Å². The van der Waals surface area contributed by atoms with Crippen molar-refractivity contribution in [3.05, 3.63) is 157 Å². The van der Waals surface area contributed by atoms with Gasteiger partial charge in [0.1, 0.15) is 11.4 Å². The average Bonchev–Trinajstić information content (AvgIpc) is 3.44. The molecule has 2 fully saturated rings. The summed E-state index contributed by atoms with van der Waals surface area (Å²) in [5.74, 6) is 6.83. The maximum atomic E-state index is 13.5. The highest BCUT2D eigenvalue weighted by atomic mass is 35.5. The number of anilines is 2. The average molecular weight is 1120 g/mol. The number of halogens is 2. The number of pyridine rings is 2. The van der Waals surface area contributed by atoms with Crippen molar-refractivity contribution in [2.75, 3.05) is 75.4 Å². The number of aromatic nitrogens is 6. The Balaban J connectivity index is 0.000000225. The van der Waals surface area contributed by atoms with Crippen LogP contribution in [0, 0.1) is 36.0 Å². The summed E-state index contributed by atoms with van der Waals surface area (Å²) in [4.78, 5) is 34.6. The molecule has 8 rings (SSSR count). The zero-order chi connectivity index (χ0) is 55.0. The maximum absolute atomic E-state index is 13.5. The minimum Gasteiger partial charge on any atom is -0.757 e. The molecule has 6 aromatic rings. The Morgan fingerprint density at radius 1 is 0.662 bits per heavy atom. The predicted molar refractivity (Wildman–Crippen MR) is 294 cm³/mol. The minimum atomic E-state index is -3.66. The van der Waals surface area contributed by atoms with Gasteiger partial charge in [0.2, 0.25) is 31.5 Å². The normalized spacial score (nSPS) is 14.0. The number of nitrogens with zero attached hydrogens (tertiary/aromatic N) is 12. The molecular weight excluding hydrogens is 1070 g/mol. The Morgan fingerprint density at radius 2 is 1.09 bits per heavy atom. The third-order valence-electron chi connectivity index (χ3n) is 12.1. The van der Waals surface area contributed by atoms with Crippen LogP contribution in [0.4, 0.5) is 11.4 Å². The second kappa shape index (κ2) is 26.8.